The van der Waals surface area contributed by atoms with E-state index in [0.717, 1.165) is 17.5 Å². The number of amides is 2. The first-order valence-corrected chi connectivity index (χ1v) is 8.41. The summed E-state index contributed by atoms with van der Waals surface area (Å²) in [7, 11) is 0. The monoisotopic (exact) mass is 322 g/mol. The van der Waals surface area contributed by atoms with Gasteiger partial charge in [-0.2, -0.15) is 0 Å². The van der Waals surface area contributed by atoms with Crippen LogP contribution in [-0.2, 0) is 17.8 Å². The van der Waals surface area contributed by atoms with Crippen LogP contribution in [0.1, 0.15) is 34.8 Å². The predicted octanol–water partition coefficient (Wildman–Crippen LogP) is 2.78. The molecule has 2 aromatic carbocycles. The first-order valence-electron chi connectivity index (χ1n) is 8.41. The molecule has 3 rings (SSSR count). The minimum atomic E-state index is -0.487. The Hall–Kier alpha value is -2.62. The number of fused-ring (bicyclic) bond motifs is 1. The van der Waals surface area contributed by atoms with Gasteiger partial charge >= 0.3 is 0 Å². The van der Waals surface area contributed by atoms with Crippen molar-refractivity contribution in [3.63, 3.8) is 0 Å². The van der Waals surface area contributed by atoms with E-state index < -0.39 is 6.04 Å². The number of carbonyl (C=O) groups excluding carboxylic acids is 2. The third-order valence-electron chi connectivity index (χ3n) is 4.35. The molecular formula is C20H22N2O2. The summed E-state index contributed by atoms with van der Waals surface area (Å²) in [6.45, 7) is 3.13. The van der Waals surface area contributed by atoms with E-state index in [9.17, 15) is 9.59 Å². The van der Waals surface area contributed by atoms with Crippen LogP contribution in [0.3, 0.4) is 0 Å². The highest BCUT2D eigenvalue weighted by Gasteiger charge is 2.36. The van der Waals surface area contributed by atoms with Crippen LogP contribution < -0.4 is 5.32 Å². The van der Waals surface area contributed by atoms with Gasteiger partial charge in [0.1, 0.15) is 6.04 Å². The van der Waals surface area contributed by atoms with Crippen LogP contribution in [0.15, 0.2) is 54.6 Å². The van der Waals surface area contributed by atoms with Crippen LogP contribution in [-0.4, -0.2) is 29.3 Å². The molecule has 0 saturated heterocycles. The lowest BCUT2D eigenvalue weighted by Gasteiger charge is -2.27. The Morgan fingerprint density at radius 2 is 1.83 bits per heavy atom. The molecule has 1 aliphatic rings. The van der Waals surface area contributed by atoms with Gasteiger partial charge < -0.3 is 10.2 Å². The summed E-state index contributed by atoms with van der Waals surface area (Å²) in [4.78, 5) is 27.1. The van der Waals surface area contributed by atoms with Gasteiger partial charge in [-0.1, -0.05) is 55.5 Å². The lowest BCUT2D eigenvalue weighted by molar-refractivity contribution is -0.125. The van der Waals surface area contributed by atoms with E-state index in [0.29, 0.717) is 25.1 Å². The molecule has 1 N–H and O–H groups in total. The average molecular weight is 322 g/mol. The van der Waals surface area contributed by atoms with E-state index in [1.807, 2.05) is 61.5 Å². The fraction of sp³-hybridized carbons (Fsp3) is 0.300. The zero-order valence-corrected chi connectivity index (χ0v) is 13.9. The van der Waals surface area contributed by atoms with Crippen molar-refractivity contribution >= 4 is 11.8 Å². The number of carbonyl (C=O) groups is 2. The summed E-state index contributed by atoms with van der Waals surface area (Å²) in [5, 5.41) is 2.94. The Kier molecular flexibility index (Phi) is 4.94. The molecule has 4 nitrogen and oxygen atoms in total. The van der Waals surface area contributed by atoms with Crippen LogP contribution in [0.4, 0.5) is 0 Å². The fourth-order valence-electron chi connectivity index (χ4n) is 3.08. The molecule has 1 heterocycles. The van der Waals surface area contributed by atoms with Crippen LogP contribution in [0.2, 0.25) is 0 Å². The predicted molar refractivity (Wildman–Crippen MR) is 93.6 cm³/mol. The third-order valence-corrected chi connectivity index (χ3v) is 4.35. The van der Waals surface area contributed by atoms with E-state index in [2.05, 4.69) is 5.32 Å². The molecule has 0 bridgehead atoms. The van der Waals surface area contributed by atoms with Crippen molar-refractivity contribution in [3.8, 4) is 0 Å². The van der Waals surface area contributed by atoms with Crippen molar-refractivity contribution in [2.45, 2.75) is 32.4 Å². The van der Waals surface area contributed by atoms with Gasteiger partial charge in [-0.25, -0.2) is 0 Å². The molecule has 124 valence electrons. The van der Waals surface area contributed by atoms with Gasteiger partial charge in [0.05, 0.1) is 0 Å². The number of benzene rings is 2. The van der Waals surface area contributed by atoms with Crippen molar-refractivity contribution in [3.05, 3.63) is 71.3 Å². The number of nitrogens with one attached hydrogen (secondary N) is 1. The normalized spacial score (nSPS) is 14.4. The molecule has 4 heteroatoms. The Morgan fingerprint density at radius 3 is 2.54 bits per heavy atom. The Morgan fingerprint density at radius 1 is 1.12 bits per heavy atom. The molecule has 0 aromatic heterocycles. The molecule has 0 radical (unpaired) electrons. The highest BCUT2D eigenvalue weighted by molar-refractivity contribution is 6.01. The molecule has 2 amide bonds. The molecule has 0 saturated carbocycles. The number of nitrogens with zero attached hydrogens (tertiary/aromatic N) is 1. The molecule has 0 spiro atoms. The fourth-order valence-corrected chi connectivity index (χ4v) is 3.08. The second-order valence-corrected chi connectivity index (χ2v) is 6.09. The molecule has 1 atom stereocenters. The van der Waals surface area contributed by atoms with Crippen LogP contribution in [0.5, 0.6) is 0 Å². The zero-order valence-electron chi connectivity index (χ0n) is 13.9. The maximum atomic E-state index is 12.8. The molecule has 24 heavy (non-hydrogen) atoms. The smallest absolute Gasteiger partial charge is 0.255 e. The van der Waals surface area contributed by atoms with Gasteiger partial charge in [0.15, 0.2) is 0 Å². The lowest BCUT2D eigenvalue weighted by atomic mass is 10.0. The van der Waals surface area contributed by atoms with E-state index in [1.165, 1.54) is 0 Å². The van der Waals surface area contributed by atoms with Gasteiger partial charge in [0, 0.05) is 25.1 Å². The summed E-state index contributed by atoms with van der Waals surface area (Å²) in [5.41, 5.74) is 2.75. The summed E-state index contributed by atoms with van der Waals surface area (Å²) in [6, 6.07) is 16.9. The van der Waals surface area contributed by atoms with Crippen LogP contribution in [0.25, 0.3) is 0 Å². The first kappa shape index (κ1) is 16.2. The molecular weight excluding hydrogens is 300 g/mol. The van der Waals surface area contributed by atoms with E-state index in [1.54, 1.807) is 4.90 Å². The molecule has 0 fully saturated rings. The maximum Gasteiger partial charge on any atom is 0.255 e. The quantitative estimate of drug-likeness (QED) is 0.889. The average Bonchev–Trinajstić information content (AvgIpc) is 2.95. The van der Waals surface area contributed by atoms with Gasteiger partial charge in [-0.3, -0.25) is 9.59 Å². The van der Waals surface area contributed by atoms with Crippen molar-refractivity contribution in [2.75, 3.05) is 6.54 Å². The van der Waals surface area contributed by atoms with Crippen molar-refractivity contribution in [1.29, 1.82) is 0 Å². The molecule has 1 aliphatic heterocycles. The number of hydrogen-bond donors (Lipinski definition) is 1. The second kappa shape index (κ2) is 7.30. The Balaban J connectivity index is 1.85. The van der Waals surface area contributed by atoms with E-state index >= 15 is 0 Å². The minimum Gasteiger partial charge on any atom is -0.354 e. The Bertz CT molecular complexity index is 727. The maximum absolute atomic E-state index is 12.8. The number of rotatable bonds is 6. The molecule has 0 aliphatic carbocycles. The second-order valence-electron chi connectivity index (χ2n) is 6.09. The van der Waals surface area contributed by atoms with Crippen LogP contribution in [0, 0.1) is 0 Å². The third kappa shape index (κ3) is 3.32. The SMILES string of the molecule is CCCNC(=O)C(Cc1ccccc1)N1Cc2ccccc2C1=O. The lowest BCUT2D eigenvalue weighted by Crippen LogP contribution is -2.48. The molecule has 2 aromatic rings. The van der Waals surface area contributed by atoms with Gasteiger partial charge in [-0.15, -0.1) is 0 Å². The minimum absolute atomic E-state index is 0.0572. The Labute approximate surface area is 142 Å². The highest BCUT2D eigenvalue weighted by atomic mass is 16.2. The zero-order chi connectivity index (χ0) is 16.9. The summed E-state index contributed by atoms with van der Waals surface area (Å²) >= 11 is 0. The molecule has 1 unspecified atom stereocenters. The standard InChI is InChI=1S/C20H22N2O2/c1-2-12-21-19(23)18(13-15-8-4-3-5-9-15)22-14-16-10-6-7-11-17(16)20(22)24/h3-11,18H,2,12-14H2,1H3,(H,21,23). The van der Waals surface area contributed by atoms with Crippen LogP contribution >= 0.6 is 0 Å². The van der Waals surface area contributed by atoms with Crippen molar-refractivity contribution in [1.82, 2.24) is 10.2 Å². The van der Waals surface area contributed by atoms with Crippen molar-refractivity contribution < 1.29 is 9.59 Å². The van der Waals surface area contributed by atoms with E-state index in [-0.39, 0.29) is 11.8 Å². The van der Waals surface area contributed by atoms with Crippen molar-refractivity contribution in [2.24, 2.45) is 0 Å². The summed E-state index contributed by atoms with van der Waals surface area (Å²) in [6.07, 6.45) is 1.40. The largest absolute Gasteiger partial charge is 0.354 e. The first-order chi connectivity index (χ1) is 11.7. The van der Waals surface area contributed by atoms with Gasteiger partial charge in [-0.05, 0) is 23.6 Å². The number of hydrogen-bond acceptors (Lipinski definition) is 2. The summed E-state index contributed by atoms with van der Waals surface area (Å²) in [5.74, 6) is -0.139. The summed E-state index contributed by atoms with van der Waals surface area (Å²) < 4.78 is 0. The highest BCUT2D eigenvalue weighted by Crippen LogP contribution is 2.25. The van der Waals surface area contributed by atoms with Gasteiger partial charge in [0.2, 0.25) is 5.91 Å². The topological polar surface area (TPSA) is 49.4 Å². The van der Waals surface area contributed by atoms with Gasteiger partial charge in [0.25, 0.3) is 5.91 Å². The van der Waals surface area contributed by atoms with E-state index in [4.69, 9.17) is 0 Å².